The highest BCUT2D eigenvalue weighted by Crippen LogP contribution is 2.34. The molecule has 1 aliphatic rings. The summed E-state index contributed by atoms with van der Waals surface area (Å²) in [6.07, 6.45) is 3.28. The number of hydrogen-bond donors (Lipinski definition) is 0. The second kappa shape index (κ2) is 4.25. The van der Waals surface area contributed by atoms with Crippen molar-refractivity contribution in [1.29, 1.82) is 0 Å². The van der Waals surface area contributed by atoms with Gasteiger partial charge in [-0.25, -0.2) is 4.39 Å². The molecule has 0 N–H and O–H groups in total. The summed E-state index contributed by atoms with van der Waals surface area (Å²) < 4.78 is 12.8. The molecule has 16 heavy (non-hydrogen) atoms. The van der Waals surface area contributed by atoms with Crippen LogP contribution < -0.4 is 0 Å². The Balaban J connectivity index is 2.36. The van der Waals surface area contributed by atoms with Crippen LogP contribution in [0.2, 0.25) is 0 Å². The van der Waals surface area contributed by atoms with E-state index in [0.29, 0.717) is 5.92 Å². The van der Waals surface area contributed by atoms with Crippen LogP contribution in [0.5, 0.6) is 0 Å². The molecule has 0 saturated heterocycles. The average molecular weight is 216 g/mol. The summed E-state index contributed by atoms with van der Waals surface area (Å²) >= 11 is 0. The van der Waals surface area contributed by atoms with E-state index in [1.54, 1.807) is 0 Å². The highest BCUT2D eigenvalue weighted by Gasteiger charge is 2.15. The van der Waals surface area contributed by atoms with Gasteiger partial charge in [0.25, 0.3) is 0 Å². The van der Waals surface area contributed by atoms with Crippen molar-refractivity contribution in [3.05, 3.63) is 52.9 Å². The van der Waals surface area contributed by atoms with E-state index >= 15 is 0 Å². The van der Waals surface area contributed by atoms with Crippen molar-refractivity contribution in [2.45, 2.75) is 27.2 Å². The van der Waals surface area contributed by atoms with Crippen molar-refractivity contribution in [3.8, 4) is 0 Å². The largest absolute Gasteiger partial charge is 0.207 e. The van der Waals surface area contributed by atoms with Crippen molar-refractivity contribution in [1.82, 2.24) is 0 Å². The third kappa shape index (κ3) is 2.08. The lowest BCUT2D eigenvalue weighted by Crippen LogP contribution is -2.05. The summed E-state index contributed by atoms with van der Waals surface area (Å²) in [7, 11) is 0. The number of rotatable bonds is 1. The molecule has 0 amide bonds. The van der Waals surface area contributed by atoms with Gasteiger partial charge in [0.05, 0.1) is 0 Å². The minimum atomic E-state index is -0.170. The molecule has 0 aliphatic heterocycles. The zero-order chi connectivity index (χ0) is 11.7. The Labute approximate surface area is 96.5 Å². The van der Waals surface area contributed by atoms with Crippen LogP contribution in [-0.2, 0) is 0 Å². The Hall–Kier alpha value is -1.37. The second-order valence-corrected chi connectivity index (χ2v) is 4.65. The van der Waals surface area contributed by atoms with E-state index in [1.165, 1.54) is 28.9 Å². The molecule has 1 atom stereocenters. The predicted molar refractivity (Wildman–Crippen MR) is 66.5 cm³/mol. The molecule has 0 saturated carbocycles. The number of hydrogen-bond acceptors (Lipinski definition) is 0. The maximum Gasteiger partial charge on any atom is 0.123 e. The van der Waals surface area contributed by atoms with Gasteiger partial charge in [0.15, 0.2) is 0 Å². The predicted octanol–water partition coefficient (Wildman–Crippen LogP) is 4.59. The smallest absolute Gasteiger partial charge is 0.123 e. The van der Waals surface area contributed by atoms with E-state index in [2.05, 4.69) is 26.8 Å². The SMILES string of the molecule is CC1=C(C)C(C)CC(c2ccc(F)cc2)=C1. The fourth-order valence-electron chi connectivity index (χ4n) is 2.17. The first-order valence-corrected chi connectivity index (χ1v) is 5.72. The highest BCUT2D eigenvalue weighted by atomic mass is 19.1. The zero-order valence-corrected chi connectivity index (χ0v) is 10.0. The summed E-state index contributed by atoms with van der Waals surface area (Å²) in [4.78, 5) is 0. The van der Waals surface area contributed by atoms with Crippen LogP contribution in [0.3, 0.4) is 0 Å². The molecule has 0 spiro atoms. The Kier molecular flexibility index (Phi) is 2.95. The normalized spacial score (nSPS) is 21.0. The first-order chi connectivity index (χ1) is 7.58. The van der Waals surface area contributed by atoms with E-state index in [4.69, 9.17) is 0 Å². The van der Waals surface area contributed by atoms with Crippen LogP contribution in [0, 0.1) is 11.7 Å². The summed E-state index contributed by atoms with van der Waals surface area (Å²) in [6, 6.07) is 6.78. The summed E-state index contributed by atoms with van der Waals surface area (Å²) in [5.74, 6) is 0.418. The molecule has 0 bridgehead atoms. The molecule has 0 fully saturated rings. The molecular formula is C15H17F. The molecule has 2 rings (SSSR count). The molecule has 1 aromatic rings. The van der Waals surface area contributed by atoms with Crippen LogP contribution in [0.15, 0.2) is 41.5 Å². The minimum absolute atomic E-state index is 0.170. The van der Waals surface area contributed by atoms with Crippen LogP contribution in [-0.4, -0.2) is 0 Å². The monoisotopic (exact) mass is 216 g/mol. The standard InChI is InChI=1S/C15H17F/c1-10-8-14(9-11(2)12(10)3)13-4-6-15(16)7-5-13/h4-8,11H,9H2,1-3H3. The summed E-state index contributed by atoms with van der Waals surface area (Å²) in [5.41, 5.74) is 5.26. The van der Waals surface area contributed by atoms with Crippen LogP contribution in [0.25, 0.3) is 5.57 Å². The van der Waals surface area contributed by atoms with E-state index in [0.717, 1.165) is 12.0 Å². The van der Waals surface area contributed by atoms with Crippen molar-refractivity contribution in [3.63, 3.8) is 0 Å². The highest BCUT2D eigenvalue weighted by molar-refractivity contribution is 5.70. The van der Waals surface area contributed by atoms with Gasteiger partial charge in [0, 0.05) is 0 Å². The summed E-state index contributed by atoms with van der Waals surface area (Å²) in [5, 5.41) is 0. The molecule has 0 aromatic heterocycles. The lowest BCUT2D eigenvalue weighted by molar-refractivity contribution is 0.627. The van der Waals surface area contributed by atoms with Gasteiger partial charge < -0.3 is 0 Å². The van der Waals surface area contributed by atoms with Gasteiger partial charge in [-0.15, -0.1) is 0 Å². The van der Waals surface area contributed by atoms with E-state index < -0.39 is 0 Å². The molecular weight excluding hydrogens is 199 g/mol. The maximum atomic E-state index is 12.8. The molecule has 1 unspecified atom stereocenters. The number of benzene rings is 1. The van der Waals surface area contributed by atoms with E-state index in [-0.39, 0.29) is 5.82 Å². The molecule has 1 aliphatic carbocycles. The first kappa shape index (κ1) is 11.1. The molecule has 1 aromatic carbocycles. The van der Waals surface area contributed by atoms with Crippen LogP contribution >= 0.6 is 0 Å². The molecule has 84 valence electrons. The quantitative estimate of drug-likeness (QED) is 0.644. The Morgan fingerprint density at radius 1 is 1.12 bits per heavy atom. The van der Waals surface area contributed by atoms with Gasteiger partial charge in [-0.3, -0.25) is 0 Å². The topological polar surface area (TPSA) is 0 Å². The third-order valence-electron chi connectivity index (χ3n) is 3.49. The van der Waals surface area contributed by atoms with Gasteiger partial charge in [-0.05, 0) is 49.5 Å². The Bertz CT molecular complexity index is 449. The minimum Gasteiger partial charge on any atom is -0.207 e. The van der Waals surface area contributed by atoms with Crippen LogP contribution in [0.1, 0.15) is 32.8 Å². The van der Waals surface area contributed by atoms with Crippen molar-refractivity contribution < 1.29 is 4.39 Å². The molecule has 0 nitrogen and oxygen atoms in total. The number of halogens is 1. The van der Waals surface area contributed by atoms with Gasteiger partial charge in [-0.2, -0.15) is 0 Å². The van der Waals surface area contributed by atoms with E-state index in [1.807, 2.05) is 12.1 Å². The Morgan fingerprint density at radius 2 is 1.75 bits per heavy atom. The maximum absolute atomic E-state index is 12.8. The summed E-state index contributed by atoms with van der Waals surface area (Å²) in [6.45, 7) is 6.59. The lowest BCUT2D eigenvalue weighted by atomic mass is 9.83. The zero-order valence-electron chi connectivity index (χ0n) is 10.0. The second-order valence-electron chi connectivity index (χ2n) is 4.65. The average Bonchev–Trinajstić information content (AvgIpc) is 2.26. The fraction of sp³-hybridized carbons (Fsp3) is 0.333. The lowest BCUT2D eigenvalue weighted by Gasteiger charge is -2.22. The van der Waals surface area contributed by atoms with Gasteiger partial charge >= 0.3 is 0 Å². The van der Waals surface area contributed by atoms with Gasteiger partial charge in [0.1, 0.15) is 5.82 Å². The van der Waals surface area contributed by atoms with Crippen molar-refractivity contribution >= 4 is 5.57 Å². The first-order valence-electron chi connectivity index (χ1n) is 5.72. The number of allylic oxidation sites excluding steroid dienone is 4. The fourth-order valence-corrected chi connectivity index (χ4v) is 2.17. The van der Waals surface area contributed by atoms with Crippen molar-refractivity contribution in [2.75, 3.05) is 0 Å². The Morgan fingerprint density at radius 3 is 2.31 bits per heavy atom. The molecule has 0 heterocycles. The van der Waals surface area contributed by atoms with Gasteiger partial charge in [0.2, 0.25) is 0 Å². The van der Waals surface area contributed by atoms with Crippen LogP contribution in [0.4, 0.5) is 4.39 Å². The third-order valence-corrected chi connectivity index (χ3v) is 3.49. The van der Waals surface area contributed by atoms with E-state index in [9.17, 15) is 4.39 Å². The molecule has 0 radical (unpaired) electrons. The van der Waals surface area contributed by atoms with Crippen molar-refractivity contribution in [2.24, 2.45) is 5.92 Å². The van der Waals surface area contributed by atoms with Gasteiger partial charge in [-0.1, -0.05) is 36.3 Å². The molecule has 1 heteroatoms.